The summed E-state index contributed by atoms with van der Waals surface area (Å²) in [5, 5.41) is 1.93. The molecule has 0 atom stereocenters. The maximum atomic E-state index is 5.58. The Hall–Kier alpha value is -1.48. The normalized spacial score (nSPS) is 11.2. The molecule has 0 aliphatic heterocycles. The van der Waals surface area contributed by atoms with Crippen molar-refractivity contribution in [1.82, 2.24) is 0 Å². The Morgan fingerprint density at radius 1 is 1.33 bits per heavy atom. The van der Waals surface area contributed by atoms with Crippen LogP contribution < -0.4 is 5.73 Å². The van der Waals surface area contributed by atoms with E-state index in [-0.39, 0.29) is 0 Å². The molecule has 1 rings (SSSR count). The van der Waals surface area contributed by atoms with Crippen LogP contribution >= 0.6 is 11.8 Å². The van der Waals surface area contributed by atoms with Crippen molar-refractivity contribution in [2.24, 2.45) is 4.99 Å². The molecule has 78 valence electrons. The fourth-order valence-corrected chi connectivity index (χ4v) is 1.38. The average molecular weight is 218 g/mol. The van der Waals surface area contributed by atoms with Gasteiger partial charge in [-0.25, -0.2) is 0 Å². The maximum absolute atomic E-state index is 5.58. The van der Waals surface area contributed by atoms with Crippen molar-refractivity contribution < 1.29 is 0 Å². The third-order valence-electron chi connectivity index (χ3n) is 1.68. The first kappa shape index (κ1) is 11.6. The molecule has 15 heavy (non-hydrogen) atoms. The summed E-state index contributed by atoms with van der Waals surface area (Å²) in [6, 6.07) is 7.74. The maximum Gasteiger partial charge on any atom is 0.0646 e. The van der Waals surface area contributed by atoms with Gasteiger partial charge < -0.3 is 5.73 Å². The summed E-state index contributed by atoms with van der Waals surface area (Å²) < 4.78 is 0. The molecule has 3 heteroatoms. The lowest BCUT2D eigenvalue weighted by molar-refractivity contribution is 1.08. The lowest BCUT2D eigenvalue weighted by Gasteiger charge is -1.96. The molecule has 2 N–H and O–H groups in total. The summed E-state index contributed by atoms with van der Waals surface area (Å²) in [5.41, 5.74) is 9.34. The Balaban J connectivity index is 2.33. The van der Waals surface area contributed by atoms with Crippen molar-refractivity contribution in [2.75, 3.05) is 5.73 Å². The Morgan fingerprint density at radius 3 is 2.73 bits per heavy atom. The molecule has 0 bridgehead atoms. The fourth-order valence-electron chi connectivity index (χ4n) is 0.945. The van der Waals surface area contributed by atoms with Crippen LogP contribution in [0.15, 0.2) is 53.4 Å². The molecular formula is C12H14N2S. The number of hydrogen-bond donors (Lipinski definition) is 1. The first-order valence-electron chi connectivity index (χ1n) is 4.58. The number of aliphatic imine (C=N–C) groups is 1. The van der Waals surface area contributed by atoms with Crippen LogP contribution in [0.1, 0.15) is 5.56 Å². The van der Waals surface area contributed by atoms with Crippen molar-refractivity contribution >= 4 is 23.0 Å². The van der Waals surface area contributed by atoms with E-state index in [1.54, 1.807) is 6.08 Å². The molecular weight excluding hydrogens is 204 g/mol. The lowest BCUT2D eigenvalue weighted by Crippen LogP contribution is -1.85. The van der Waals surface area contributed by atoms with Crippen LogP contribution in [0.2, 0.25) is 0 Å². The number of anilines is 1. The molecule has 0 heterocycles. The van der Waals surface area contributed by atoms with Crippen LogP contribution in [0.5, 0.6) is 0 Å². The molecule has 0 saturated heterocycles. The summed E-state index contributed by atoms with van der Waals surface area (Å²) in [6.45, 7) is 4.27. The van der Waals surface area contributed by atoms with Gasteiger partial charge in [0.15, 0.2) is 0 Å². The van der Waals surface area contributed by atoms with Gasteiger partial charge in [0, 0.05) is 5.69 Å². The van der Waals surface area contributed by atoms with Gasteiger partial charge in [-0.3, -0.25) is 4.99 Å². The number of rotatable bonds is 5. The topological polar surface area (TPSA) is 38.4 Å². The van der Waals surface area contributed by atoms with Gasteiger partial charge >= 0.3 is 0 Å². The van der Waals surface area contributed by atoms with Crippen LogP contribution in [0.25, 0.3) is 0 Å². The highest BCUT2D eigenvalue weighted by Gasteiger charge is 1.88. The molecule has 1 aromatic rings. The first-order chi connectivity index (χ1) is 7.33. The third kappa shape index (κ3) is 5.08. The van der Waals surface area contributed by atoms with E-state index >= 15 is 0 Å². The standard InChI is InChI=1S/C12H14N2S/c1-2-3-8-15-10-14-9-11-4-6-12(13)7-5-11/h2-8,10H,1,9,13H2/b8-3-,14-10?. The van der Waals surface area contributed by atoms with Crippen LogP contribution in [0.3, 0.4) is 0 Å². The molecule has 0 saturated carbocycles. The average Bonchev–Trinajstić information content (AvgIpc) is 2.26. The second-order valence-corrected chi connectivity index (χ2v) is 3.64. The smallest absolute Gasteiger partial charge is 0.0646 e. The number of allylic oxidation sites excluding steroid dienone is 2. The first-order valence-corrected chi connectivity index (χ1v) is 5.53. The zero-order valence-corrected chi connectivity index (χ0v) is 9.28. The predicted octanol–water partition coefficient (Wildman–Crippen LogP) is 3.23. The molecule has 1 aromatic carbocycles. The van der Waals surface area contributed by atoms with Crippen molar-refractivity contribution in [3.8, 4) is 0 Å². The van der Waals surface area contributed by atoms with Gasteiger partial charge in [-0.1, -0.05) is 42.6 Å². The largest absolute Gasteiger partial charge is 0.399 e. The van der Waals surface area contributed by atoms with Gasteiger partial charge in [-0.2, -0.15) is 0 Å². The monoisotopic (exact) mass is 218 g/mol. The number of nitrogens with two attached hydrogens (primary N) is 1. The van der Waals surface area contributed by atoms with Gasteiger partial charge in [0.05, 0.1) is 12.1 Å². The van der Waals surface area contributed by atoms with E-state index in [1.165, 1.54) is 11.8 Å². The summed E-state index contributed by atoms with van der Waals surface area (Å²) in [6.07, 6.45) is 3.61. The molecule has 0 amide bonds. The van der Waals surface area contributed by atoms with E-state index in [1.807, 2.05) is 41.3 Å². The number of thioether (sulfide) groups is 1. The SMILES string of the molecule is C=C/C=C\SC=NCc1ccc(N)cc1. The highest BCUT2D eigenvalue weighted by Crippen LogP contribution is 2.07. The summed E-state index contributed by atoms with van der Waals surface area (Å²) >= 11 is 1.53. The second kappa shape index (κ2) is 6.90. The molecule has 0 aliphatic carbocycles. The zero-order valence-electron chi connectivity index (χ0n) is 8.47. The third-order valence-corrected chi connectivity index (χ3v) is 2.27. The van der Waals surface area contributed by atoms with E-state index in [2.05, 4.69) is 11.6 Å². The van der Waals surface area contributed by atoms with Gasteiger partial charge in [0.1, 0.15) is 0 Å². The van der Waals surface area contributed by atoms with Crippen molar-refractivity contribution in [2.45, 2.75) is 6.54 Å². The Bertz CT molecular complexity index is 352. The number of nitrogen functional groups attached to an aromatic ring is 1. The minimum absolute atomic E-state index is 0.690. The van der Waals surface area contributed by atoms with Crippen LogP contribution in [0.4, 0.5) is 5.69 Å². The Morgan fingerprint density at radius 2 is 2.07 bits per heavy atom. The molecule has 0 fully saturated rings. The van der Waals surface area contributed by atoms with E-state index < -0.39 is 0 Å². The highest BCUT2D eigenvalue weighted by atomic mass is 32.2. The quantitative estimate of drug-likeness (QED) is 0.356. The van der Waals surface area contributed by atoms with Crippen LogP contribution in [-0.2, 0) is 6.54 Å². The summed E-state index contributed by atoms with van der Waals surface area (Å²) in [4.78, 5) is 4.25. The van der Waals surface area contributed by atoms with Gasteiger partial charge in [-0.05, 0) is 23.1 Å². The minimum Gasteiger partial charge on any atom is -0.399 e. The fraction of sp³-hybridized carbons (Fsp3) is 0.0833. The second-order valence-electron chi connectivity index (χ2n) is 2.89. The molecule has 0 radical (unpaired) electrons. The molecule has 2 nitrogen and oxygen atoms in total. The van der Waals surface area contributed by atoms with Gasteiger partial charge in [0.25, 0.3) is 0 Å². The van der Waals surface area contributed by atoms with E-state index in [0.717, 1.165) is 11.3 Å². The predicted molar refractivity (Wildman–Crippen MR) is 70.0 cm³/mol. The number of benzene rings is 1. The number of hydrogen-bond acceptors (Lipinski definition) is 3. The van der Waals surface area contributed by atoms with Gasteiger partial charge in [0.2, 0.25) is 0 Å². The van der Waals surface area contributed by atoms with Crippen LogP contribution in [-0.4, -0.2) is 5.55 Å². The Kier molecular flexibility index (Phi) is 5.33. The van der Waals surface area contributed by atoms with Crippen LogP contribution in [0, 0.1) is 0 Å². The van der Waals surface area contributed by atoms with Crippen molar-refractivity contribution in [3.05, 3.63) is 54.0 Å². The van der Waals surface area contributed by atoms with Crippen molar-refractivity contribution in [1.29, 1.82) is 0 Å². The summed E-state index contributed by atoms with van der Waals surface area (Å²) in [7, 11) is 0. The zero-order chi connectivity index (χ0) is 10.9. The van der Waals surface area contributed by atoms with E-state index in [9.17, 15) is 0 Å². The minimum atomic E-state index is 0.690. The van der Waals surface area contributed by atoms with Gasteiger partial charge in [-0.15, -0.1) is 0 Å². The lowest BCUT2D eigenvalue weighted by atomic mass is 10.2. The molecule has 0 aliphatic rings. The van der Waals surface area contributed by atoms with Crippen molar-refractivity contribution in [3.63, 3.8) is 0 Å². The molecule has 0 spiro atoms. The highest BCUT2D eigenvalue weighted by molar-refractivity contribution is 8.14. The number of nitrogens with zero attached hydrogens (tertiary/aromatic N) is 1. The molecule has 0 unspecified atom stereocenters. The Labute approximate surface area is 94.6 Å². The molecule has 0 aromatic heterocycles. The summed E-state index contributed by atoms with van der Waals surface area (Å²) in [5.74, 6) is 0. The van der Waals surface area contributed by atoms with E-state index in [4.69, 9.17) is 5.73 Å². The van der Waals surface area contributed by atoms with E-state index in [0.29, 0.717) is 6.54 Å².